The highest BCUT2D eigenvalue weighted by atomic mass is 35.5. The zero-order valence-corrected chi connectivity index (χ0v) is 12.0. The molecule has 18 heavy (non-hydrogen) atoms. The van der Waals surface area contributed by atoms with Crippen LogP contribution in [0.25, 0.3) is 0 Å². The summed E-state index contributed by atoms with van der Waals surface area (Å²) in [5.74, 6) is 0.802. The van der Waals surface area contributed by atoms with Gasteiger partial charge >= 0.3 is 0 Å². The Morgan fingerprint density at radius 2 is 1.83 bits per heavy atom. The predicted molar refractivity (Wildman–Crippen MR) is 76.4 cm³/mol. The first-order valence-electron chi connectivity index (χ1n) is 7.50. The smallest absolute Gasteiger partial charge is 0.0623 e. The maximum Gasteiger partial charge on any atom is 0.0623 e. The lowest BCUT2D eigenvalue weighted by molar-refractivity contribution is 0.0517. The average Bonchev–Trinajstić information content (AvgIpc) is 3.02. The first kappa shape index (κ1) is 14.6. The van der Waals surface area contributed by atoms with Gasteiger partial charge in [-0.3, -0.25) is 0 Å². The van der Waals surface area contributed by atoms with Crippen LogP contribution in [0.4, 0.5) is 0 Å². The van der Waals surface area contributed by atoms with Crippen molar-refractivity contribution in [3.8, 4) is 0 Å². The fourth-order valence-electron chi connectivity index (χ4n) is 3.93. The molecule has 2 saturated carbocycles. The molecule has 0 radical (unpaired) electrons. The van der Waals surface area contributed by atoms with Crippen molar-refractivity contribution in [1.82, 2.24) is 10.6 Å². The molecule has 3 nitrogen and oxygen atoms in total. The van der Waals surface area contributed by atoms with Gasteiger partial charge in [-0.25, -0.2) is 0 Å². The highest BCUT2D eigenvalue weighted by molar-refractivity contribution is 5.85. The quantitative estimate of drug-likeness (QED) is 0.827. The van der Waals surface area contributed by atoms with E-state index in [0.717, 1.165) is 37.8 Å². The summed E-state index contributed by atoms with van der Waals surface area (Å²) in [6.45, 7) is 2.86. The van der Waals surface area contributed by atoms with Gasteiger partial charge in [0.05, 0.1) is 13.2 Å². The van der Waals surface area contributed by atoms with Crippen molar-refractivity contribution in [2.24, 2.45) is 5.92 Å². The van der Waals surface area contributed by atoms with E-state index in [9.17, 15) is 0 Å². The molecule has 0 aromatic rings. The van der Waals surface area contributed by atoms with E-state index in [2.05, 4.69) is 10.6 Å². The topological polar surface area (TPSA) is 33.3 Å². The van der Waals surface area contributed by atoms with Crippen molar-refractivity contribution in [3.05, 3.63) is 0 Å². The highest BCUT2D eigenvalue weighted by Crippen LogP contribution is 2.31. The lowest BCUT2D eigenvalue weighted by Gasteiger charge is -2.34. The lowest BCUT2D eigenvalue weighted by Crippen LogP contribution is -2.52. The Labute approximate surface area is 117 Å². The second kappa shape index (κ2) is 7.09. The van der Waals surface area contributed by atoms with Gasteiger partial charge in [-0.1, -0.05) is 19.3 Å². The van der Waals surface area contributed by atoms with Gasteiger partial charge in [0.1, 0.15) is 0 Å². The Morgan fingerprint density at radius 3 is 2.56 bits per heavy atom. The number of halogens is 1. The first-order valence-corrected chi connectivity index (χ1v) is 7.50. The largest absolute Gasteiger partial charge is 0.379 e. The van der Waals surface area contributed by atoms with Gasteiger partial charge in [-0.05, 0) is 31.6 Å². The summed E-state index contributed by atoms with van der Waals surface area (Å²) in [7, 11) is 0. The molecule has 3 unspecified atom stereocenters. The zero-order chi connectivity index (χ0) is 11.5. The molecule has 1 aliphatic heterocycles. The van der Waals surface area contributed by atoms with Crippen molar-refractivity contribution in [2.45, 2.75) is 63.1 Å². The maximum absolute atomic E-state index is 5.62. The van der Waals surface area contributed by atoms with Gasteiger partial charge in [0.15, 0.2) is 0 Å². The molecule has 3 fully saturated rings. The Bertz CT molecular complexity index is 240. The van der Waals surface area contributed by atoms with Crippen LogP contribution in [0.5, 0.6) is 0 Å². The summed E-state index contributed by atoms with van der Waals surface area (Å²) in [4.78, 5) is 0. The normalized spacial score (nSPS) is 37.7. The monoisotopic (exact) mass is 274 g/mol. The minimum atomic E-state index is 0. The average molecular weight is 275 g/mol. The fraction of sp³-hybridized carbons (Fsp3) is 1.00. The Balaban J connectivity index is 0.00000120. The summed E-state index contributed by atoms with van der Waals surface area (Å²) < 4.78 is 5.62. The Kier molecular flexibility index (Phi) is 5.74. The SMILES string of the molecule is C1CCC(NC2CCCC2C2COCCN2)C1.Cl. The number of hydrogen-bond acceptors (Lipinski definition) is 3. The summed E-state index contributed by atoms with van der Waals surface area (Å²) in [6.07, 6.45) is 9.81. The van der Waals surface area contributed by atoms with E-state index in [0.29, 0.717) is 6.04 Å². The molecular formula is C14H27ClN2O. The third kappa shape index (κ3) is 3.38. The zero-order valence-electron chi connectivity index (χ0n) is 11.2. The molecule has 3 aliphatic rings. The number of hydrogen-bond donors (Lipinski definition) is 2. The molecule has 4 heteroatoms. The van der Waals surface area contributed by atoms with Crippen molar-refractivity contribution < 1.29 is 4.74 Å². The van der Waals surface area contributed by atoms with E-state index in [1.807, 2.05) is 0 Å². The molecule has 1 heterocycles. The van der Waals surface area contributed by atoms with Gasteiger partial charge in [0.25, 0.3) is 0 Å². The lowest BCUT2D eigenvalue weighted by atomic mass is 9.93. The van der Waals surface area contributed by atoms with Crippen LogP contribution in [0, 0.1) is 5.92 Å². The molecule has 0 aromatic carbocycles. The van der Waals surface area contributed by atoms with E-state index in [1.165, 1.54) is 44.9 Å². The number of morpholine rings is 1. The third-order valence-electron chi connectivity index (χ3n) is 4.84. The Morgan fingerprint density at radius 1 is 1.00 bits per heavy atom. The summed E-state index contributed by atoms with van der Waals surface area (Å²) in [6, 6.07) is 2.16. The fourth-order valence-corrected chi connectivity index (χ4v) is 3.93. The molecular weight excluding hydrogens is 248 g/mol. The summed E-state index contributed by atoms with van der Waals surface area (Å²) in [5.41, 5.74) is 0. The molecule has 0 aromatic heterocycles. The molecule has 3 rings (SSSR count). The van der Waals surface area contributed by atoms with E-state index in [4.69, 9.17) is 4.74 Å². The molecule has 2 aliphatic carbocycles. The second-order valence-corrected chi connectivity index (χ2v) is 5.98. The van der Waals surface area contributed by atoms with E-state index >= 15 is 0 Å². The van der Waals surface area contributed by atoms with Crippen LogP contribution in [-0.2, 0) is 4.74 Å². The van der Waals surface area contributed by atoms with Gasteiger partial charge < -0.3 is 15.4 Å². The molecule has 1 saturated heterocycles. The standard InChI is InChI=1S/C14H26N2O.ClH/c1-2-5-11(4-1)16-13-7-3-6-12(13)14-10-17-9-8-15-14;/h11-16H,1-10H2;1H. The predicted octanol–water partition coefficient (Wildman–Crippen LogP) is 2.10. The van der Waals surface area contributed by atoms with Crippen LogP contribution in [0.1, 0.15) is 44.9 Å². The molecule has 106 valence electrons. The molecule has 0 bridgehead atoms. The van der Waals surface area contributed by atoms with Crippen LogP contribution in [0.3, 0.4) is 0 Å². The third-order valence-corrected chi connectivity index (χ3v) is 4.84. The number of rotatable bonds is 3. The van der Waals surface area contributed by atoms with Gasteiger partial charge in [0.2, 0.25) is 0 Å². The van der Waals surface area contributed by atoms with Gasteiger partial charge in [-0.2, -0.15) is 0 Å². The van der Waals surface area contributed by atoms with E-state index in [1.54, 1.807) is 0 Å². The van der Waals surface area contributed by atoms with Gasteiger partial charge in [-0.15, -0.1) is 12.4 Å². The van der Waals surface area contributed by atoms with Crippen LogP contribution in [0.15, 0.2) is 0 Å². The van der Waals surface area contributed by atoms with Crippen molar-refractivity contribution in [3.63, 3.8) is 0 Å². The van der Waals surface area contributed by atoms with Crippen LogP contribution in [0.2, 0.25) is 0 Å². The van der Waals surface area contributed by atoms with Crippen molar-refractivity contribution >= 4 is 12.4 Å². The van der Waals surface area contributed by atoms with Crippen LogP contribution >= 0.6 is 12.4 Å². The molecule has 0 spiro atoms. The maximum atomic E-state index is 5.62. The summed E-state index contributed by atoms with van der Waals surface area (Å²) in [5, 5.41) is 7.58. The molecule has 2 N–H and O–H groups in total. The van der Waals surface area contributed by atoms with Crippen LogP contribution < -0.4 is 10.6 Å². The Hall–Kier alpha value is 0.170. The molecule has 0 amide bonds. The summed E-state index contributed by atoms with van der Waals surface area (Å²) >= 11 is 0. The minimum absolute atomic E-state index is 0. The van der Waals surface area contributed by atoms with E-state index < -0.39 is 0 Å². The molecule has 3 atom stereocenters. The van der Waals surface area contributed by atoms with Crippen LogP contribution in [-0.4, -0.2) is 37.9 Å². The van der Waals surface area contributed by atoms with Crippen molar-refractivity contribution in [1.29, 1.82) is 0 Å². The second-order valence-electron chi connectivity index (χ2n) is 5.98. The highest BCUT2D eigenvalue weighted by Gasteiger charge is 2.35. The first-order chi connectivity index (χ1) is 8.43. The number of nitrogens with one attached hydrogen (secondary N) is 2. The number of ether oxygens (including phenoxy) is 1. The van der Waals surface area contributed by atoms with E-state index in [-0.39, 0.29) is 12.4 Å². The minimum Gasteiger partial charge on any atom is -0.379 e. The van der Waals surface area contributed by atoms with Crippen molar-refractivity contribution in [2.75, 3.05) is 19.8 Å². The van der Waals surface area contributed by atoms with Gasteiger partial charge in [0, 0.05) is 24.7 Å².